The minimum Gasteiger partial charge on any atom is -0.486 e. The van der Waals surface area contributed by atoms with Crippen LogP contribution in [0.15, 0.2) is 10.5 Å². The molecule has 2 rings (SSSR count). The Balaban J connectivity index is 2.47. The summed E-state index contributed by atoms with van der Waals surface area (Å²) in [5.74, 6) is 6.57. The van der Waals surface area contributed by atoms with Gasteiger partial charge in [-0.1, -0.05) is 0 Å². The molecule has 0 spiro atoms. The zero-order valence-electron chi connectivity index (χ0n) is 8.38. The van der Waals surface area contributed by atoms with Crippen molar-refractivity contribution >= 4 is 15.9 Å². The fraction of sp³-hybridized carbons (Fsp3) is 0.400. The number of hydrogen-bond acceptors (Lipinski definition) is 4. The van der Waals surface area contributed by atoms with Crippen LogP contribution in [0.2, 0.25) is 0 Å². The van der Waals surface area contributed by atoms with E-state index in [0.717, 1.165) is 27.1 Å². The Morgan fingerprint density at radius 1 is 1.47 bits per heavy atom. The average Bonchev–Trinajstić information content (AvgIpc) is 2.26. The predicted molar refractivity (Wildman–Crippen MR) is 58.8 cm³/mol. The summed E-state index contributed by atoms with van der Waals surface area (Å²) in [5, 5.41) is 0. The first-order valence-corrected chi connectivity index (χ1v) is 5.42. The molecule has 0 fully saturated rings. The van der Waals surface area contributed by atoms with Crippen LogP contribution >= 0.6 is 15.9 Å². The average molecular weight is 274 g/mol. The number of rotatable bonds is 2. The molecule has 1 aromatic rings. The van der Waals surface area contributed by atoms with Crippen LogP contribution in [0.25, 0.3) is 0 Å². The molecule has 0 unspecified atom stereocenters. The first-order valence-electron chi connectivity index (χ1n) is 4.63. The summed E-state index contributed by atoms with van der Waals surface area (Å²) in [6.45, 7) is 3.50. The van der Waals surface area contributed by atoms with Gasteiger partial charge in [-0.15, -0.1) is 0 Å². The van der Waals surface area contributed by atoms with Crippen molar-refractivity contribution in [1.82, 2.24) is 0 Å². The highest BCUT2D eigenvalue weighted by Crippen LogP contribution is 2.41. The second-order valence-corrected chi connectivity index (χ2v) is 4.10. The van der Waals surface area contributed by atoms with Crippen molar-refractivity contribution in [2.45, 2.75) is 13.5 Å². The molecule has 0 aromatic heterocycles. The van der Waals surface area contributed by atoms with E-state index in [2.05, 4.69) is 20.8 Å². The van der Waals surface area contributed by atoms with Gasteiger partial charge in [0, 0.05) is 0 Å². The Labute approximate surface area is 96.4 Å². The highest BCUT2D eigenvalue weighted by atomic mass is 79.9. The third kappa shape index (κ3) is 1.95. The van der Waals surface area contributed by atoms with E-state index in [1.165, 1.54) is 0 Å². The van der Waals surface area contributed by atoms with Crippen LogP contribution in [-0.4, -0.2) is 13.2 Å². The maximum atomic E-state index is 5.52. The van der Waals surface area contributed by atoms with Gasteiger partial charge < -0.3 is 9.47 Å². The number of fused-ring (bicyclic) bond motifs is 1. The van der Waals surface area contributed by atoms with Crippen LogP contribution in [-0.2, 0) is 11.4 Å². The summed E-state index contributed by atoms with van der Waals surface area (Å²) in [5.41, 5.74) is 2.05. The molecule has 0 bridgehead atoms. The smallest absolute Gasteiger partial charge is 0.175 e. The number of halogens is 1. The third-order valence-electron chi connectivity index (χ3n) is 2.37. The van der Waals surface area contributed by atoms with Crippen molar-refractivity contribution < 1.29 is 14.3 Å². The topological polar surface area (TPSA) is 53.7 Å². The zero-order chi connectivity index (χ0) is 10.8. The van der Waals surface area contributed by atoms with Crippen molar-refractivity contribution in [3.8, 4) is 11.5 Å². The first-order chi connectivity index (χ1) is 7.24. The van der Waals surface area contributed by atoms with E-state index in [0.29, 0.717) is 19.8 Å². The molecule has 1 aliphatic rings. The minimum atomic E-state index is 0.362. The van der Waals surface area contributed by atoms with Crippen LogP contribution < -0.4 is 15.4 Å². The molecule has 0 radical (unpaired) electrons. The Morgan fingerprint density at radius 2 is 2.20 bits per heavy atom. The summed E-state index contributed by atoms with van der Waals surface area (Å²) in [6.07, 6.45) is 0. The van der Waals surface area contributed by atoms with E-state index in [-0.39, 0.29) is 0 Å². The summed E-state index contributed by atoms with van der Waals surface area (Å²) >= 11 is 3.49. The van der Waals surface area contributed by atoms with Crippen LogP contribution in [0.3, 0.4) is 0 Å². The molecule has 4 nitrogen and oxygen atoms in total. The van der Waals surface area contributed by atoms with E-state index in [1.54, 1.807) is 0 Å². The SMILES string of the molecule is Cc1c(CON)cc2c(c1Br)OCCO2. The van der Waals surface area contributed by atoms with Gasteiger partial charge in [-0.25, -0.2) is 5.90 Å². The fourth-order valence-electron chi connectivity index (χ4n) is 1.53. The van der Waals surface area contributed by atoms with Gasteiger partial charge in [0.1, 0.15) is 13.2 Å². The number of benzene rings is 1. The lowest BCUT2D eigenvalue weighted by atomic mass is 10.1. The predicted octanol–water partition coefficient (Wildman–Crippen LogP) is 1.92. The zero-order valence-corrected chi connectivity index (χ0v) is 9.96. The first kappa shape index (κ1) is 10.7. The molecule has 0 amide bonds. The molecule has 0 saturated carbocycles. The van der Waals surface area contributed by atoms with E-state index in [4.69, 9.17) is 15.4 Å². The standard InChI is InChI=1S/C10H12BrNO3/c1-6-7(5-15-12)4-8-10(9(6)11)14-3-2-13-8/h4H,2-3,5,12H2,1H3. The van der Waals surface area contributed by atoms with Crippen molar-refractivity contribution in [2.75, 3.05) is 13.2 Å². The lowest BCUT2D eigenvalue weighted by molar-refractivity contribution is 0.122. The fourth-order valence-corrected chi connectivity index (χ4v) is 2.09. The van der Waals surface area contributed by atoms with Gasteiger partial charge in [-0.2, -0.15) is 0 Å². The molecular weight excluding hydrogens is 262 g/mol. The summed E-state index contributed by atoms with van der Waals surface area (Å²) < 4.78 is 11.9. The normalized spacial score (nSPS) is 14.1. The highest BCUT2D eigenvalue weighted by molar-refractivity contribution is 9.10. The molecular formula is C10H12BrNO3. The molecule has 0 atom stereocenters. The van der Waals surface area contributed by atoms with Crippen LogP contribution in [0.5, 0.6) is 11.5 Å². The molecule has 15 heavy (non-hydrogen) atoms. The van der Waals surface area contributed by atoms with Gasteiger partial charge in [-0.3, -0.25) is 4.84 Å². The Kier molecular flexibility index (Phi) is 3.14. The van der Waals surface area contributed by atoms with Gasteiger partial charge in [0.25, 0.3) is 0 Å². The molecule has 0 saturated heterocycles. The number of hydrogen-bond donors (Lipinski definition) is 1. The van der Waals surface area contributed by atoms with Crippen molar-refractivity contribution in [2.24, 2.45) is 5.90 Å². The van der Waals surface area contributed by atoms with Crippen molar-refractivity contribution in [1.29, 1.82) is 0 Å². The van der Waals surface area contributed by atoms with E-state index < -0.39 is 0 Å². The lowest BCUT2D eigenvalue weighted by Crippen LogP contribution is -2.16. The maximum absolute atomic E-state index is 5.52. The molecule has 1 heterocycles. The summed E-state index contributed by atoms with van der Waals surface area (Å²) in [7, 11) is 0. The molecule has 0 aliphatic carbocycles. The quantitative estimate of drug-likeness (QED) is 0.837. The van der Waals surface area contributed by atoms with E-state index in [9.17, 15) is 0 Å². The van der Waals surface area contributed by atoms with Gasteiger partial charge in [0.2, 0.25) is 0 Å². The molecule has 5 heteroatoms. The lowest BCUT2D eigenvalue weighted by Gasteiger charge is -2.22. The largest absolute Gasteiger partial charge is 0.486 e. The summed E-state index contributed by atoms with van der Waals surface area (Å²) in [4.78, 5) is 4.64. The number of ether oxygens (including phenoxy) is 2. The van der Waals surface area contributed by atoms with Crippen LogP contribution in [0, 0.1) is 6.92 Å². The van der Waals surface area contributed by atoms with Crippen molar-refractivity contribution in [3.63, 3.8) is 0 Å². The van der Waals surface area contributed by atoms with Gasteiger partial charge in [-0.05, 0) is 40.0 Å². The highest BCUT2D eigenvalue weighted by Gasteiger charge is 2.19. The molecule has 1 aliphatic heterocycles. The van der Waals surface area contributed by atoms with E-state index >= 15 is 0 Å². The van der Waals surface area contributed by atoms with Crippen LogP contribution in [0.4, 0.5) is 0 Å². The Hall–Kier alpha value is -0.780. The number of nitrogens with two attached hydrogens (primary N) is 1. The van der Waals surface area contributed by atoms with Gasteiger partial charge in [0.15, 0.2) is 11.5 Å². The van der Waals surface area contributed by atoms with Gasteiger partial charge in [0.05, 0.1) is 11.1 Å². The second kappa shape index (κ2) is 4.38. The minimum absolute atomic E-state index is 0.362. The van der Waals surface area contributed by atoms with Gasteiger partial charge >= 0.3 is 0 Å². The van der Waals surface area contributed by atoms with Crippen molar-refractivity contribution in [3.05, 3.63) is 21.7 Å². The third-order valence-corrected chi connectivity index (χ3v) is 3.32. The molecule has 82 valence electrons. The molecule has 1 aromatic carbocycles. The Bertz CT molecular complexity index is 381. The monoisotopic (exact) mass is 273 g/mol. The summed E-state index contributed by atoms with van der Waals surface area (Å²) in [6, 6.07) is 1.90. The van der Waals surface area contributed by atoms with Crippen LogP contribution in [0.1, 0.15) is 11.1 Å². The molecule has 2 N–H and O–H groups in total. The second-order valence-electron chi connectivity index (χ2n) is 3.31. The maximum Gasteiger partial charge on any atom is 0.175 e. The Morgan fingerprint density at radius 3 is 2.93 bits per heavy atom. The van der Waals surface area contributed by atoms with E-state index in [1.807, 2.05) is 13.0 Å².